The standard InChI is InChI=1S/C21H20N2S2/c1-2-23-17-11-7-9-13-19(17)25-21(23)15-5-3-4-14-20-22-16-10-6-8-12-18(16)24-20/h3-15,20,22H,2H2,1H3. The maximum atomic E-state index is 3.51. The van der Waals surface area contributed by atoms with Crippen LogP contribution in [0.1, 0.15) is 6.92 Å². The highest BCUT2D eigenvalue weighted by atomic mass is 32.2. The van der Waals surface area contributed by atoms with Gasteiger partial charge in [-0.2, -0.15) is 0 Å². The smallest absolute Gasteiger partial charge is 0.0960 e. The molecule has 0 radical (unpaired) electrons. The van der Waals surface area contributed by atoms with E-state index in [1.807, 2.05) is 23.5 Å². The number of hydrogen-bond acceptors (Lipinski definition) is 4. The predicted molar refractivity (Wildman–Crippen MR) is 111 cm³/mol. The largest absolute Gasteiger partial charge is 0.369 e. The fourth-order valence-electron chi connectivity index (χ4n) is 2.97. The van der Waals surface area contributed by atoms with Gasteiger partial charge in [0.1, 0.15) is 0 Å². The first-order valence-corrected chi connectivity index (χ1v) is 10.2. The third-order valence-electron chi connectivity index (χ3n) is 4.14. The average Bonchev–Trinajstić information content (AvgIpc) is 3.21. The third-order valence-corrected chi connectivity index (χ3v) is 6.41. The van der Waals surface area contributed by atoms with E-state index in [1.54, 1.807) is 0 Å². The number of fused-ring (bicyclic) bond motifs is 2. The van der Waals surface area contributed by atoms with Crippen LogP contribution < -0.4 is 10.2 Å². The van der Waals surface area contributed by atoms with Crippen LogP contribution in [0, 0.1) is 0 Å². The summed E-state index contributed by atoms with van der Waals surface area (Å²) in [6.45, 7) is 3.18. The molecule has 2 aromatic carbocycles. The predicted octanol–water partition coefficient (Wildman–Crippen LogP) is 6.12. The molecule has 0 aliphatic carbocycles. The fraction of sp³-hybridized carbons (Fsp3) is 0.143. The van der Waals surface area contributed by atoms with E-state index in [4.69, 9.17) is 0 Å². The van der Waals surface area contributed by atoms with Gasteiger partial charge in [-0.15, -0.1) is 0 Å². The molecule has 25 heavy (non-hydrogen) atoms. The quantitative estimate of drug-likeness (QED) is 0.657. The van der Waals surface area contributed by atoms with Gasteiger partial charge in [-0.1, -0.05) is 72.1 Å². The summed E-state index contributed by atoms with van der Waals surface area (Å²) in [7, 11) is 0. The topological polar surface area (TPSA) is 15.3 Å². The number of para-hydroxylation sites is 2. The summed E-state index contributed by atoms with van der Waals surface area (Å²) in [5, 5.41) is 5.11. The molecule has 0 fully saturated rings. The van der Waals surface area contributed by atoms with Gasteiger partial charge in [0.15, 0.2) is 0 Å². The Balaban J connectivity index is 1.38. The highest BCUT2D eigenvalue weighted by Crippen LogP contribution is 2.45. The van der Waals surface area contributed by atoms with E-state index in [9.17, 15) is 0 Å². The zero-order valence-electron chi connectivity index (χ0n) is 14.1. The van der Waals surface area contributed by atoms with Crippen LogP contribution in [0.5, 0.6) is 0 Å². The maximum absolute atomic E-state index is 3.51. The Labute approximate surface area is 157 Å². The van der Waals surface area contributed by atoms with Crippen LogP contribution in [0.25, 0.3) is 0 Å². The first-order valence-electron chi connectivity index (χ1n) is 8.47. The Bertz CT molecular complexity index is 829. The van der Waals surface area contributed by atoms with E-state index in [2.05, 4.69) is 96.1 Å². The van der Waals surface area contributed by atoms with Gasteiger partial charge in [0.05, 0.1) is 16.1 Å². The highest BCUT2D eigenvalue weighted by Gasteiger charge is 2.22. The van der Waals surface area contributed by atoms with Crippen molar-refractivity contribution < 1.29 is 0 Å². The summed E-state index contributed by atoms with van der Waals surface area (Å²) in [4.78, 5) is 5.02. The van der Waals surface area contributed by atoms with Crippen LogP contribution in [0.15, 0.2) is 93.7 Å². The molecule has 0 saturated carbocycles. The number of allylic oxidation sites excluding steroid dienone is 4. The third kappa shape index (κ3) is 3.51. The summed E-state index contributed by atoms with van der Waals surface area (Å²) in [6, 6.07) is 17.0. The molecule has 126 valence electrons. The zero-order valence-corrected chi connectivity index (χ0v) is 15.7. The second-order valence-corrected chi connectivity index (χ2v) is 8.01. The molecule has 2 heterocycles. The van der Waals surface area contributed by atoms with Crippen molar-refractivity contribution in [3.63, 3.8) is 0 Å². The van der Waals surface area contributed by atoms with Crippen molar-refractivity contribution in [2.75, 3.05) is 16.8 Å². The summed E-state index contributed by atoms with van der Waals surface area (Å²) in [5.74, 6) is 0. The molecule has 0 amide bonds. The van der Waals surface area contributed by atoms with Gasteiger partial charge in [0, 0.05) is 22.0 Å². The van der Waals surface area contributed by atoms with E-state index >= 15 is 0 Å². The van der Waals surface area contributed by atoms with Gasteiger partial charge in [-0.3, -0.25) is 0 Å². The number of rotatable bonds is 4. The Hall–Kier alpha value is -2.04. The molecule has 1 unspecified atom stereocenters. The first-order chi connectivity index (χ1) is 12.3. The number of nitrogens with zero attached hydrogens (tertiary/aromatic N) is 1. The molecule has 1 atom stereocenters. The van der Waals surface area contributed by atoms with E-state index in [1.165, 1.54) is 26.2 Å². The van der Waals surface area contributed by atoms with E-state index in [0.29, 0.717) is 5.37 Å². The SMILES string of the molecule is CCN1C(=CC=CC=CC2Nc3ccccc3S2)Sc2ccccc21. The van der Waals surface area contributed by atoms with Crippen molar-refractivity contribution in [3.8, 4) is 0 Å². The molecule has 2 nitrogen and oxygen atoms in total. The van der Waals surface area contributed by atoms with Gasteiger partial charge in [-0.25, -0.2) is 0 Å². The second-order valence-electron chi connectivity index (χ2n) is 5.77. The number of hydrogen-bond donors (Lipinski definition) is 1. The van der Waals surface area contributed by atoms with Crippen LogP contribution in [0.2, 0.25) is 0 Å². The van der Waals surface area contributed by atoms with Crippen LogP contribution in [0.4, 0.5) is 11.4 Å². The summed E-state index contributed by atoms with van der Waals surface area (Å²) < 4.78 is 0. The van der Waals surface area contributed by atoms with E-state index in [0.717, 1.165) is 6.54 Å². The van der Waals surface area contributed by atoms with Crippen LogP contribution >= 0.6 is 23.5 Å². The van der Waals surface area contributed by atoms with Gasteiger partial charge in [0.2, 0.25) is 0 Å². The lowest BCUT2D eigenvalue weighted by Gasteiger charge is -2.17. The average molecular weight is 365 g/mol. The summed E-state index contributed by atoms with van der Waals surface area (Å²) in [6.07, 6.45) is 10.8. The first kappa shape index (κ1) is 16.4. The molecule has 1 N–H and O–H groups in total. The van der Waals surface area contributed by atoms with Crippen molar-refractivity contribution in [3.05, 3.63) is 83.9 Å². The Kier molecular flexibility index (Phi) is 4.90. The maximum Gasteiger partial charge on any atom is 0.0960 e. The Morgan fingerprint density at radius 2 is 1.80 bits per heavy atom. The van der Waals surface area contributed by atoms with Gasteiger partial charge >= 0.3 is 0 Å². The molecule has 0 bridgehead atoms. The highest BCUT2D eigenvalue weighted by molar-refractivity contribution is 8.03. The molecule has 2 aliphatic rings. The summed E-state index contributed by atoms with van der Waals surface area (Å²) >= 11 is 3.69. The summed E-state index contributed by atoms with van der Waals surface area (Å²) in [5.41, 5.74) is 2.54. The fourth-order valence-corrected chi connectivity index (χ4v) is 5.14. The zero-order chi connectivity index (χ0) is 17.1. The molecular formula is C21H20N2S2. The van der Waals surface area contributed by atoms with Crippen molar-refractivity contribution in [1.29, 1.82) is 0 Å². The van der Waals surface area contributed by atoms with Crippen LogP contribution in [0.3, 0.4) is 0 Å². The lowest BCUT2D eigenvalue weighted by molar-refractivity contribution is 1.00. The molecule has 2 aromatic rings. The van der Waals surface area contributed by atoms with E-state index < -0.39 is 0 Å². The molecule has 2 aliphatic heterocycles. The van der Waals surface area contributed by atoms with Crippen molar-refractivity contribution in [1.82, 2.24) is 0 Å². The molecule has 4 rings (SSSR count). The number of anilines is 2. The van der Waals surface area contributed by atoms with Crippen molar-refractivity contribution in [2.24, 2.45) is 0 Å². The normalized spacial score (nSPS) is 20.4. The lowest BCUT2D eigenvalue weighted by Crippen LogP contribution is -2.16. The molecular weight excluding hydrogens is 344 g/mol. The van der Waals surface area contributed by atoms with Crippen molar-refractivity contribution in [2.45, 2.75) is 22.1 Å². The van der Waals surface area contributed by atoms with Crippen molar-refractivity contribution >= 4 is 34.9 Å². The molecule has 4 heteroatoms. The molecule has 0 spiro atoms. The minimum absolute atomic E-state index is 0.312. The van der Waals surface area contributed by atoms with Crippen LogP contribution in [-0.4, -0.2) is 11.9 Å². The lowest BCUT2D eigenvalue weighted by atomic mass is 10.3. The van der Waals surface area contributed by atoms with Crippen LogP contribution in [-0.2, 0) is 0 Å². The van der Waals surface area contributed by atoms with Gasteiger partial charge in [0.25, 0.3) is 0 Å². The van der Waals surface area contributed by atoms with Gasteiger partial charge < -0.3 is 10.2 Å². The minimum atomic E-state index is 0.312. The Morgan fingerprint density at radius 1 is 1.00 bits per heavy atom. The van der Waals surface area contributed by atoms with E-state index in [-0.39, 0.29) is 0 Å². The second kappa shape index (κ2) is 7.46. The Morgan fingerprint density at radius 3 is 2.64 bits per heavy atom. The molecule has 0 aromatic heterocycles. The molecule has 0 saturated heterocycles. The number of nitrogens with one attached hydrogen (secondary N) is 1. The number of thioether (sulfide) groups is 2. The monoisotopic (exact) mass is 364 g/mol. The van der Waals surface area contributed by atoms with Gasteiger partial charge in [-0.05, 0) is 37.3 Å². The minimum Gasteiger partial charge on any atom is -0.369 e. The number of benzene rings is 2.